The quantitative estimate of drug-likeness (QED) is 0.634. The van der Waals surface area contributed by atoms with E-state index in [4.69, 9.17) is 4.74 Å². The minimum absolute atomic E-state index is 0.00343. The van der Waals surface area contributed by atoms with Crippen LogP contribution in [0.15, 0.2) is 9.59 Å². The Morgan fingerprint density at radius 2 is 1.77 bits per heavy atom. The third-order valence-electron chi connectivity index (χ3n) is 3.71. The van der Waals surface area contributed by atoms with Crippen molar-refractivity contribution < 1.29 is 9.53 Å². The molecule has 2 aromatic rings. The lowest BCUT2D eigenvalue weighted by Gasteiger charge is -2.28. The lowest BCUT2D eigenvalue weighted by Crippen LogP contribution is -2.40. The molecule has 3 heterocycles. The largest absolute Gasteiger partial charge is 0.378 e. The number of aryl methyl sites for hydroxylation is 1. The van der Waals surface area contributed by atoms with Crippen LogP contribution in [0.1, 0.15) is 10.5 Å². The van der Waals surface area contributed by atoms with Gasteiger partial charge in [-0.1, -0.05) is 0 Å². The summed E-state index contributed by atoms with van der Waals surface area (Å²) in [6, 6.07) is 0. The van der Waals surface area contributed by atoms with Crippen LogP contribution in [0, 0.1) is 0 Å². The fourth-order valence-electron chi connectivity index (χ4n) is 2.46. The maximum atomic E-state index is 12.2. The first-order valence-electron chi connectivity index (χ1n) is 6.80. The van der Waals surface area contributed by atoms with E-state index in [9.17, 15) is 14.4 Å². The molecule has 1 saturated heterocycles. The number of hydrogen-bond donors (Lipinski definition) is 0. The molecule has 0 aromatic carbocycles. The summed E-state index contributed by atoms with van der Waals surface area (Å²) < 4.78 is 7.47. The van der Waals surface area contributed by atoms with Crippen LogP contribution in [0.4, 0.5) is 5.82 Å². The summed E-state index contributed by atoms with van der Waals surface area (Å²) in [5.41, 5.74) is -0.796. The smallest absolute Gasteiger partial charge is 0.332 e. The van der Waals surface area contributed by atoms with Gasteiger partial charge >= 0.3 is 5.69 Å². The Morgan fingerprint density at radius 1 is 1.09 bits per heavy atom. The van der Waals surface area contributed by atoms with Crippen LogP contribution in [0.3, 0.4) is 0 Å². The minimum atomic E-state index is -0.567. The highest BCUT2D eigenvalue weighted by atomic mass is 16.5. The second-order valence-corrected chi connectivity index (χ2v) is 5.03. The van der Waals surface area contributed by atoms with Gasteiger partial charge in [0.2, 0.25) is 0 Å². The Bertz CT molecular complexity index is 863. The zero-order valence-corrected chi connectivity index (χ0v) is 12.3. The average Bonchev–Trinajstić information content (AvgIpc) is 2.57. The lowest BCUT2D eigenvalue weighted by atomic mass is 10.3. The molecule has 0 spiro atoms. The van der Waals surface area contributed by atoms with Crippen molar-refractivity contribution in [3.05, 3.63) is 26.5 Å². The van der Waals surface area contributed by atoms with E-state index >= 15 is 0 Å². The number of aldehydes is 1. The van der Waals surface area contributed by atoms with Crippen LogP contribution >= 0.6 is 0 Å². The Balaban J connectivity index is 2.32. The van der Waals surface area contributed by atoms with Gasteiger partial charge in [-0.2, -0.15) is 0 Å². The molecule has 0 unspecified atom stereocenters. The molecule has 1 fully saturated rings. The van der Waals surface area contributed by atoms with E-state index in [-0.39, 0.29) is 16.9 Å². The molecule has 9 heteroatoms. The number of hydrogen-bond acceptors (Lipinski definition) is 7. The number of carbonyl (C=O) groups is 1. The molecule has 0 saturated carbocycles. The summed E-state index contributed by atoms with van der Waals surface area (Å²) in [5, 5.41) is 0. The van der Waals surface area contributed by atoms with Gasteiger partial charge in [-0.05, 0) is 0 Å². The summed E-state index contributed by atoms with van der Waals surface area (Å²) in [4.78, 5) is 45.8. The molecule has 3 rings (SSSR count). The Kier molecular flexibility index (Phi) is 3.49. The van der Waals surface area contributed by atoms with E-state index in [2.05, 4.69) is 9.97 Å². The fourth-order valence-corrected chi connectivity index (χ4v) is 2.46. The van der Waals surface area contributed by atoms with E-state index in [1.807, 2.05) is 4.90 Å². The molecule has 9 nitrogen and oxygen atoms in total. The van der Waals surface area contributed by atoms with Crippen molar-refractivity contribution in [1.29, 1.82) is 0 Å². The predicted molar refractivity (Wildman–Crippen MR) is 78.4 cm³/mol. The van der Waals surface area contributed by atoms with Gasteiger partial charge in [-0.25, -0.2) is 14.8 Å². The first kappa shape index (κ1) is 14.4. The van der Waals surface area contributed by atoms with E-state index in [0.717, 1.165) is 4.57 Å². The van der Waals surface area contributed by atoms with Crippen molar-refractivity contribution in [3.63, 3.8) is 0 Å². The van der Waals surface area contributed by atoms with E-state index in [0.29, 0.717) is 38.4 Å². The monoisotopic (exact) mass is 305 g/mol. The first-order valence-corrected chi connectivity index (χ1v) is 6.80. The molecule has 22 heavy (non-hydrogen) atoms. The van der Waals surface area contributed by atoms with E-state index < -0.39 is 11.2 Å². The minimum Gasteiger partial charge on any atom is -0.378 e. The Labute approximate surface area is 124 Å². The lowest BCUT2D eigenvalue weighted by molar-refractivity contribution is 0.111. The van der Waals surface area contributed by atoms with Gasteiger partial charge in [0, 0.05) is 27.2 Å². The number of fused-ring (bicyclic) bond motifs is 1. The van der Waals surface area contributed by atoms with E-state index in [1.165, 1.54) is 18.7 Å². The number of rotatable bonds is 2. The van der Waals surface area contributed by atoms with Gasteiger partial charge in [-0.3, -0.25) is 18.7 Å². The molecule has 2 aromatic heterocycles. The maximum Gasteiger partial charge on any atom is 0.332 e. The molecule has 0 atom stereocenters. The fraction of sp³-hybridized carbons (Fsp3) is 0.462. The van der Waals surface area contributed by atoms with Crippen LogP contribution in [-0.2, 0) is 18.8 Å². The standard InChI is InChI=1S/C13H15N5O4/c1-16-11-9(12(20)17(2)13(16)21)14-8(7-19)10(15-11)18-3-5-22-6-4-18/h7H,3-6H2,1-2H3. The van der Waals surface area contributed by atoms with Crippen molar-refractivity contribution >= 4 is 23.3 Å². The van der Waals surface area contributed by atoms with Gasteiger partial charge in [0.05, 0.1) is 13.2 Å². The van der Waals surface area contributed by atoms with Crippen molar-refractivity contribution in [3.8, 4) is 0 Å². The highest BCUT2D eigenvalue weighted by Gasteiger charge is 2.21. The van der Waals surface area contributed by atoms with Gasteiger partial charge in [0.1, 0.15) is 5.69 Å². The number of aromatic nitrogens is 4. The molecular formula is C13H15N5O4. The summed E-state index contributed by atoms with van der Waals surface area (Å²) in [6.07, 6.45) is 0.571. The third kappa shape index (κ3) is 2.10. The van der Waals surface area contributed by atoms with Gasteiger partial charge in [0.25, 0.3) is 5.56 Å². The second kappa shape index (κ2) is 5.34. The molecule has 0 amide bonds. The molecule has 0 radical (unpaired) electrons. The average molecular weight is 305 g/mol. The SMILES string of the molecule is Cn1c(=O)c2nc(C=O)c(N3CCOCC3)nc2n(C)c1=O. The topological polar surface area (TPSA) is 99.3 Å². The third-order valence-corrected chi connectivity index (χ3v) is 3.71. The zero-order chi connectivity index (χ0) is 15.9. The highest BCUT2D eigenvalue weighted by Crippen LogP contribution is 2.18. The molecule has 1 aliphatic heterocycles. The highest BCUT2D eigenvalue weighted by molar-refractivity contribution is 5.85. The Morgan fingerprint density at radius 3 is 2.41 bits per heavy atom. The molecule has 116 valence electrons. The second-order valence-electron chi connectivity index (χ2n) is 5.03. The van der Waals surface area contributed by atoms with Crippen molar-refractivity contribution in [2.24, 2.45) is 14.1 Å². The molecular weight excluding hydrogens is 290 g/mol. The summed E-state index contributed by atoms with van der Waals surface area (Å²) in [5.74, 6) is 0.369. The maximum absolute atomic E-state index is 12.2. The van der Waals surface area contributed by atoms with Gasteiger partial charge < -0.3 is 9.64 Å². The zero-order valence-electron chi connectivity index (χ0n) is 12.3. The van der Waals surface area contributed by atoms with Crippen LogP contribution in [0.5, 0.6) is 0 Å². The summed E-state index contributed by atoms with van der Waals surface area (Å²) >= 11 is 0. The van der Waals surface area contributed by atoms with Crippen molar-refractivity contribution in [1.82, 2.24) is 19.1 Å². The van der Waals surface area contributed by atoms with Crippen LogP contribution < -0.4 is 16.1 Å². The number of carbonyl (C=O) groups excluding carboxylic acids is 1. The van der Waals surface area contributed by atoms with Crippen LogP contribution in [-0.4, -0.2) is 51.7 Å². The van der Waals surface area contributed by atoms with Crippen LogP contribution in [0.25, 0.3) is 11.2 Å². The predicted octanol–water partition coefficient (Wildman–Crippen LogP) is -1.32. The summed E-state index contributed by atoms with van der Waals surface area (Å²) in [6.45, 7) is 2.18. The first-order chi connectivity index (χ1) is 10.5. The van der Waals surface area contributed by atoms with E-state index in [1.54, 1.807) is 0 Å². The van der Waals surface area contributed by atoms with Crippen molar-refractivity contribution in [2.75, 3.05) is 31.2 Å². The van der Waals surface area contributed by atoms with Crippen molar-refractivity contribution in [2.45, 2.75) is 0 Å². The van der Waals surface area contributed by atoms with Gasteiger partial charge in [-0.15, -0.1) is 0 Å². The number of morpholine rings is 1. The number of nitrogens with zero attached hydrogens (tertiary/aromatic N) is 5. The summed E-state index contributed by atoms with van der Waals surface area (Å²) in [7, 11) is 2.88. The number of anilines is 1. The normalized spacial score (nSPS) is 15.3. The molecule has 1 aliphatic rings. The Hall–Kier alpha value is -2.55. The molecule has 0 N–H and O–H groups in total. The number of ether oxygens (including phenoxy) is 1. The molecule has 0 bridgehead atoms. The van der Waals surface area contributed by atoms with Crippen LogP contribution in [0.2, 0.25) is 0 Å². The molecule has 0 aliphatic carbocycles. The van der Waals surface area contributed by atoms with Gasteiger partial charge in [0.15, 0.2) is 23.3 Å².